The highest BCUT2D eigenvalue weighted by Crippen LogP contribution is 2.17. The molecular weight excluding hydrogens is 193 g/mol. The molecule has 0 atom stereocenters. The molecular formula is C10H15F3O. The molecule has 0 saturated heterocycles. The molecule has 0 aromatic carbocycles. The third-order valence-electron chi connectivity index (χ3n) is 1.76. The van der Waals surface area contributed by atoms with Crippen molar-refractivity contribution in [3.05, 3.63) is 12.2 Å². The van der Waals surface area contributed by atoms with Crippen LogP contribution in [0.15, 0.2) is 12.2 Å². The second kappa shape index (κ2) is 6.62. The third-order valence-corrected chi connectivity index (χ3v) is 1.76. The van der Waals surface area contributed by atoms with E-state index in [4.69, 9.17) is 0 Å². The normalized spacial score (nSPS) is 12.3. The lowest BCUT2D eigenvalue weighted by Gasteiger charge is -2.00. The molecule has 0 amide bonds. The summed E-state index contributed by atoms with van der Waals surface area (Å²) in [5, 5.41) is 0. The average Bonchev–Trinajstić information content (AvgIpc) is 2.09. The molecule has 0 unspecified atom stereocenters. The number of halogens is 3. The number of rotatable bonds is 6. The van der Waals surface area contributed by atoms with Gasteiger partial charge in [0, 0.05) is 6.42 Å². The van der Waals surface area contributed by atoms with Gasteiger partial charge >= 0.3 is 6.18 Å². The van der Waals surface area contributed by atoms with Gasteiger partial charge in [-0.2, -0.15) is 13.2 Å². The van der Waals surface area contributed by atoms with Crippen molar-refractivity contribution in [2.24, 2.45) is 0 Å². The Morgan fingerprint density at radius 2 is 1.86 bits per heavy atom. The third kappa shape index (κ3) is 6.69. The van der Waals surface area contributed by atoms with Crippen molar-refractivity contribution in [2.45, 2.75) is 45.2 Å². The Balaban J connectivity index is 3.57. The molecule has 0 saturated carbocycles. The second-order valence-electron chi connectivity index (χ2n) is 3.09. The summed E-state index contributed by atoms with van der Waals surface area (Å²) in [6, 6.07) is 0. The maximum Gasteiger partial charge on any atom is 0.450 e. The van der Waals surface area contributed by atoms with Gasteiger partial charge in [0.1, 0.15) is 0 Å². The number of ketones is 1. The Bertz CT molecular complexity index is 194. The minimum atomic E-state index is -4.69. The van der Waals surface area contributed by atoms with E-state index in [1.807, 2.05) is 0 Å². The van der Waals surface area contributed by atoms with E-state index in [-0.39, 0.29) is 0 Å². The largest absolute Gasteiger partial charge is 0.450 e. The van der Waals surface area contributed by atoms with Gasteiger partial charge in [0.2, 0.25) is 5.78 Å². The Morgan fingerprint density at radius 1 is 1.21 bits per heavy atom. The molecule has 14 heavy (non-hydrogen) atoms. The highest BCUT2D eigenvalue weighted by molar-refractivity contribution is 5.85. The minimum Gasteiger partial charge on any atom is -0.289 e. The maximum absolute atomic E-state index is 11.7. The van der Waals surface area contributed by atoms with Crippen molar-refractivity contribution in [2.75, 3.05) is 0 Å². The molecule has 0 aromatic rings. The van der Waals surface area contributed by atoms with Crippen LogP contribution in [0.25, 0.3) is 0 Å². The molecule has 0 rings (SSSR count). The quantitative estimate of drug-likeness (QED) is 0.481. The first-order valence-electron chi connectivity index (χ1n) is 4.73. The van der Waals surface area contributed by atoms with Crippen molar-refractivity contribution in [1.82, 2.24) is 0 Å². The Hall–Kier alpha value is -0.800. The van der Waals surface area contributed by atoms with Crippen LogP contribution in [0, 0.1) is 0 Å². The van der Waals surface area contributed by atoms with Gasteiger partial charge in [0.15, 0.2) is 0 Å². The van der Waals surface area contributed by atoms with Crippen molar-refractivity contribution < 1.29 is 18.0 Å². The van der Waals surface area contributed by atoms with Crippen LogP contribution in [0.2, 0.25) is 0 Å². The standard InChI is InChI=1S/C10H15F3O/c1-2-3-4-5-6-7-8-9(14)10(11,12)13/h6-7H,2-5,8H2,1H3/b7-6+. The van der Waals surface area contributed by atoms with Gasteiger partial charge in [0.25, 0.3) is 0 Å². The number of hydrogen-bond acceptors (Lipinski definition) is 1. The smallest absolute Gasteiger partial charge is 0.289 e. The fourth-order valence-electron chi connectivity index (χ4n) is 0.936. The Kier molecular flexibility index (Phi) is 6.25. The zero-order chi connectivity index (χ0) is 11.0. The topological polar surface area (TPSA) is 17.1 Å². The van der Waals surface area contributed by atoms with Gasteiger partial charge < -0.3 is 0 Å². The average molecular weight is 208 g/mol. The van der Waals surface area contributed by atoms with E-state index >= 15 is 0 Å². The molecule has 4 heteroatoms. The highest BCUT2D eigenvalue weighted by atomic mass is 19.4. The number of allylic oxidation sites excluding steroid dienone is 2. The number of carbonyl (C=O) groups is 1. The second-order valence-corrected chi connectivity index (χ2v) is 3.09. The van der Waals surface area contributed by atoms with E-state index in [1.165, 1.54) is 6.08 Å². The summed E-state index contributed by atoms with van der Waals surface area (Å²) in [6.07, 6.45) is 1.58. The monoisotopic (exact) mass is 208 g/mol. The SMILES string of the molecule is CCCCC/C=C/CC(=O)C(F)(F)F. The summed E-state index contributed by atoms with van der Waals surface area (Å²) in [7, 11) is 0. The summed E-state index contributed by atoms with van der Waals surface area (Å²) in [4.78, 5) is 10.4. The van der Waals surface area contributed by atoms with Crippen LogP contribution < -0.4 is 0 Å². The Morgan fingerprint density at radius 3 is 2.36 bits per heavy atom. The van der Waals surface area contributed by atoms with Crippen molar-refractivity contribution in [3.63, 3.8) is 0 Å². The van der Waals surface area contributed by atoms with Crippen LogP contribution in [0.3, 0.4) is 0 Å². The molecule has 0 heterocycles. The van der Waals surface area contributed by atoms with Crippen molar-refractivity contribution >= 4 is 5.78 Å². The highest BCUT2D eigenvalue weighted by Gasteiger charge is 2.36. The lowest BCUT2D eigenvalue weighted by molar-refractivity contribution is -0.170. The summed E-state index contributed by atoms with van der Waals surface area (Å²) in [5.74, 6) is -1.68. The van der Waals surface area contributed by atoms with E-state index < -0.39 is 18.4 Å². The van der Waals surface area contributed by atoms with E-state index in [9.17, 15) is 18.0 Å². The molecule has 0 fully saturated rings. The molecule has 0 bridgehead atoms. The first kappa shape index (κ1) is 13.2. The first-order valence-corrected chi connectivity index (χ1v) is 4.73. The van der Waals surface area contributed by atoms with Crippen LogP contribution in [-0.2, 0) is 4.79 Å². The molecule has 0 radical (unpaired) electrons. The number of Topliss-reactive ketones (excluding diaryl/α,β-unsaturated/α-hetero) is 1. The number of alkyl halides is 3. The fourth-order valence-corrected chi connectivity index (χ4v) is 0.936. The van der Waals surface area contributed by atoms with Gasteiger partial charge in [0.05, 0.1) is 0 Å². The Labute approximate surface area is 82.0 Å². The van der Waals surface area contributed by atoms with Gasteiger partial charge in [-0.1, -0.05) is 31.9 Å². The van der Waals surface area contributed by atoms with Crippen LogP contribution in [0.5, 0.6) is 0 Å². The predicted octanol–water partition coefficient (Wildman–Crippen LogP) is 3.64. The van der Waals surface area contributed by atoms with E-state index in [2.05, 4.69) is 6.92 Å². The predicted molar refractivity (Wildman–Crippen MR) is 49.0 cm³/mol. The molecule has 0 spiro atoms. The fraction of sp³-hybridized carbons (Fsp3) is 0.700. The number of unbranched alkanes of at least 4 members (excludes halogenated alkanes) is 3. The summed E-state index contributed by atoms with van der Waals surface area (Å²) in [5.41, 5.74) is 0. The van der Waals surface area contributed by atoms with Gasteiger partial charge in [-0.25, -0.2) is 0 Å². The van der Waals surface area contributed by atoms with Gasteiger partial charge in [-0.15, -0.1) is 0 Å². The maximum atomic E-state index is 11.7. The van der Waals surface area contributed by atoms with Gasteiger partial charge in [-0.05, 0) is 12.8 Å². The molecule has 0 aromatic heterocycles. The summed E-state index contributed by atoms with van der Waals surface area (Å²) >= 11 is 0. The minimum absolute atomic E-state index is 0.532. The lowest BCUT2D eigenvalue weighted by Crippen LogP contribution is -2.21. The molecule has 1 nitrogen and oxygen atoms in total. The summed E-state index contributed by atoms with van der Waals surface area (Å²) in [6.45, 7) is 2.05. The molecule has 0 aliphatic heterocycles. The van der Waals surface area contributed by atoms with E-state index in [1.54, 1.807) is 6.08 Å². The van der Waals surface area contributed by atoms with Crippen LogP contribution in [0.1, 0.15) is 39.0 Å². The van der Waals surface area contributed by atoms with E-state index in [0.29, 0.717) is 0 Å². The van der Waals surface area contributed by atoms with Crippen LogP contribution >= 0.6 is 0 Å². The number of hydrogen-bond donors (Lipinski definition) is 0. The molecule has 0 N–H and O–H groups in total. The first-order chi connectivity index (χ1) is 6.48. The van der Waals surface area contributed by atoms with Crippen molar-refractivity contribution in [3.8, 4) is 0 Å². The zero-order valence-electron chi connectivity index (χ0n) is 8.23. The molecule has 0 aliphatic rings. The van der Waals surface area contributed by atoms with Gasteiger partial charge in [-0.3, -0.25) is 4.79 Å². The molecule has 0 aliphatic carbocycles. The van der Waals surface area contributed by atoms with Crippen LogP contribution in [0.4, 0.5) is 13.2 Å². The number of carbonyl (C=O) groups excluding carboxylic acids is 1. The van der Waals surface area contributed by atoms with E-state index in [0.717, 1.165) is 25.7 Å². The van der Waals surface area contributed by atoms with Crippen molar-refractivity contribution in [1.29, 1.82) is 0 Å². The molecule has 82 valence electrons. The lowest BCUT2D eigenvalue weighted by atomic mass is 10.2. The zero-order valence-corrected chi connectivity index (χ0v) is 8.23. The van der Waals surface area contributed by atoms with Crippen LogP contribution in [-0.4, -0.2) is 12.0 Å². The summed E-state index contributed by atoms with van der Waals surface area (Å²) < 4.78 is 35.1.